The van der Waals surface area contributed by atoms with Gasteiger partial charge in [-0.15, -0.1) is 11.3 Å². The number of fused-ring (bicyclic) bond motifs is 1. The number of carbonyl (C=O) groups excluding carboxylic acids is 1. The summed E-state index contributed by atoms with van der Waals surface area (Å²) in [5, 5.41) is 7.72. The molecule has 1 amide bonds. The summed E-state index contributed by atoms with van der Waals surface area (Å²) in [6, 6.07) is 2.09. The van der Waals surface area contributed by atoms with Crippen molar-refractivity contribution in [3.05, 3.63) is 54.7 Å². The molecule has 1 saturated heterocycles. The van der Waals surface area contributed by atoms with Gasteiger partial charge in [-0.2, -0.15) is 5.10 Å². The average molecular weight is 421 g/mol. The Bertz CT molecular complexity index is 1160. The number of nitrogen functional groups attached to an aromatic ring is 1. The highest BCUT2D eigenvalue weighted by atomic mass is 32.1. The van der Waals surface area contributed by atoms with Crippen LogP contribution >= 0.6 is 11.3 Å². The van der Waals surface area contributed by atoms with Crippen LogP contribution in [-0.4, -0.2) is 43.6 Å². The number of nitrogens with two attached hydrogens (primary N) is 1. The maximum Gasteiger partial charge on any atom is 0.246 e. The Labute approximate surface area is 179 Å². The number of rotatable bonds is 5. The van der Waals surface area contributed by atoms with E-state index in [1.807, 2.05) is 28.7 Å². The monoisotopic (exact) mass is 420 g/mol. The van der Waals surface area contributed by atoms with Gasteiger partial charge in [-0.3, -0.25) is 4.79 Å². The van der Waals surface area contributed by atoms with Gasteiger partial charge in [0.1, 0.15) is 17.8 Å². The molecule has 0 radical (unpaired) electrons. The Morgan fingerprint density at radius 2 is 2.23 bits per heavy atom. The number of hydrogen-bond donors (Lipinski definition) is 1. The second-order valence-electron chi connectivity index (χ2n) is 7.26. The van der Waals surface area contributed by atoms with Gasteiger partial charge in [-0.1, -0.05) is 25.3 Å². The molecule has 0 spiro atoms. The van der Waals surface area contributed by atoms with Gasteiger partial charge >= 0.3 is 0 Å². The lowest BCUT2D eigenvalue weighted by Crippen LogP contribution is -2.40. The summed E-state index contributed by atoms with van der Waals surface area (Å²) in [5.41, 5.74) is 9.69. The zero-order chi connectivity index (χ0) is 21.3. The van der Waals surface area contributed by atoms with E-state index < -0.39 is 0 Å². The summed E-state index contributed by atoms with van der Waals surface area (Å²) in [7, 11) is 0. The van der Waals surface area contributed by atoms with Crippen molar-refractivity contribution in [2.75, 3.05) is 18.8 Å². The molecule has 2 N–H and O–H groups in total. The van der Waals surface area contributed by atoms with Gasteiger partial charge in [0.15, 0.2) is 5.65 Å². The number of piperidine rings is 1. The first-order valence-corrected chi connectivity index (χ1v) is 10.7. The van der Waals surface area contributed by atoms with Crippen LogP contribution in [0.25, 0.3) is 27.2 Å². The second-order valence-corrected chi connectivity index (χ2v) is 8.17. The van der Waals surface area contributed by atoms with E-state index in [0.29, 0.717) is 18.0 Å². The smallest absolute Gasteiger partial charge is 0.246 e. The third-order valence-electron chi connectivity index (χ3n) is 5.32. The third-order valence-corrected chi connectivity index (χ3v) is 6.26. The topological polar surface area (TPSA) is 89.9 Å². The molecule has 3 aromatic heterocycles. The van der Waals surface area contributed by atoms with Crippen LogP contribution in [0.15, 0.2) is 49.2 Å². The van der Waals surface area contributed by atoms with E-state index >= 15 is 0 Å². The highest BCUT2D eigenvalue weighted by Gasteiger charge is 2.28. The molecule has 0 aromatic carbocycles. The molecule has 30 heavy (non-hydrogen) atoms. The fourth-order valence-electron chi connectivity index (χ4n) is 3.83. The quantitative estimate of drug-likeness (QED) is 0.496. The zero-order valence-electron chi connectivity index (χ0n) is 16.9. The standard InChI is InChI=1S/C22H24N6OS/c1-4-7-14(3)15-10-17(30-12-15)20-19-21(23)24-13-25-22(19)28(26-20)16-8-6-9-27(11-16)18(29)5-2/h4-5,7,10,12-13,16H,2-3,6,8-9,11H2,1H3,(H2,23,24,25)/b7-4-. The van der Waals surface area contributed by atoms with Crippen molar-refractivity contribution in [3.8, 4) is 10.6 Å². The van der Waals surface area contributed by atoms with Crippen LogP contribution in [-0.2, 0) is 4.79 Å². The van der Waals surface area contributed by atoms with Gasteiger partial charge in [0.25, 0.3) is 0 Å². The Balaban J connectivity index is 1.78. The van der Waals surface area contributed by atoms with E-state index in [9.17, 15) is 4.79 Å². The molecule has 0 bridgehead atoms. The predicted octanol–water partition coefficient (Wildman–Crippen LogP) is 4.08. The van der Waals surface area contributed by atoms with E-state index in [2.05, 4.69) is 34.6 Å². The minimum Gasteiger partial charge on any atom is -0.383 e. The molecule has 4 heterocycles. The van der Waals surface area contributed by atoms with Crippen LogP contribution in [0.5, 0.6) is 0 Å². The summed E-state index contributed by atoms with van der Waals surface area (Å²) in [5.74, 6) is 0.342. The maximum absolute atomic E-state index is 12.1. The molecule has 1 unspecified atom stereocenters. The van der Waals surface area contributed by atoms with E-state index in [0.717, 1.165) is 46.5 Å². The number of likely N-dealkylation sites (tertiary alicyclic amines) is 1. The molecule has 1 fully saturated rings. The first-order valence-electron chi connectivity index (χ1n) is 9.84. The number of carbonyl (C=O) groups is 1. The van der Waals surface area contributed by atoms with Crippen LogP contribution < -0.4 is 5.73 Å². The number of allylic oxidation sites excluding steroid dienone is 3. The van der Waals surface area contributed by atoms with Crippen LogP contribution in [0, 0.1) is 0 Å². The van der Waals surface area contributed by atoms with E-state index in [1.165, 1.54) is 12.4 Å². The Hall–Kier alpha value is -3.26. The third kappa shape index (κ3) is 3.54. The molecule has 1 atom stereocenters. The van der Waals surface area contributed by atoms with Gasteiger partial charge in [0.2, 0.25) is 5.91 Å². The first kappa shape index (κ1) is 20.0. The molecule has 7 nitrogen and oxygen atoms in total. The molecule has 0 saturated carbocycles. The fourth-order valence-corrected chi connectivity index (χ4v) is 4.76. The van der Waals surface area contributed by atoms with Crippen LogP contribution in [0.4, 0.5) is 5.82 Å². The minimum atomic E-state index is -0.0593. The molecule has 3 aromatic rings. The van der Waals surface area contributed by atoms with Gasteiger partial charge < -0.3 is 10.6 Å². The molecular formula is C22H24N6OS. The molecule has 0 aliphatic carbocycles. The van der Waals surface area contributed by atoms with Crippen molar-refractivity contribution < 1.29 is 4.79 Å². The van der Waals surface area contributed by atoms with Crippen LogP contribution in [0.3, 0.4) is 0 Å². The zero-order valence-corrected chi connectivity index (χ0v) is 17.7. The van der Waals surface area contributed by atoms with E-state index in [1.54, 1.807) is 11.3 Å². The van der Waals surface area contributed by atoms with Crippen molar-refractivity contribution in [1.29, 1.82) is 0 Å². The number of aromatic nitrogens is 4. The summed E-state index contributed by atoms with van der Waals surface area (Å²) in [6.45, 7) is 11.0. The van der Waals surface area contributed by atoms with Gasteiger partial charge in [-0.05, 0) is 48.4 Å². The number of nitrogens with zero attached hydrogens (tertiary/aromatic N) is 5. The van der Waals surface area contributed by atoms with Crippen molar-refractivity contribution in [3.63, 3.8) is 0 Å². The fraction of sp³-hybridized carbons (Fsp3) is 0.273. The Morgan fingerprint density at radius 1 is 1.40 bits per heavy atom. The van der Waals surface area contributed by atoms with E-state index in [-0.39, 0.29) is 11.9 Å². The molecular weight excluding hydrogens is 396 g/mol. The summed E-state index contributed by atoms with van der Waals surface area (Å²) < 4.78 is 1.91. The Morgan fingerprint density at radius 3 is 3.00 bits per heavy atom. The lowest BCUT2D eigenvalue weighted by molar-refractivity contribution is -0.127. The van der Waals surface area contributed by atoms with Gasteiger partial charge in [0, 0.05) is 13.1 Å². The summed E-state index contributed by atoms with van der Waals surface area (Å²) in [4.78, 5) is 23.6. The van der Waals surface area contributed by atoms with Crippen LogP contribution in [0.2, 0.25) is 0 Å². The lowest BCUT2D eigenvalue weighted by atomic mass is 10.1. The number of thiophene rings is 1. The molecule has 154 valence electrons. The second kappa shape index (κ2) is 8.23. The molecule has 1 aliphatic rings. The first-order chi connectivity index (χ1) is 14.5. The molecule has 4 rings (SSSR count). The highest BCUT2D eigenvalue weighted by molar-refractivity contribution is 7.13. The van der Waals surface area contributed by atoms with Crippen molar-refractivity contribution in [2.45, 2.75) is 25.8 Å². The predicted molar refractivity (Wildman–Crippen MR) is 122 cm³/mol. The van der Waals surface area contributed by atoms with Crippen molar-refractivity contribution in [2.24, 2.45) is 0 Å². The molecule has 8 heteroatoms. The normalized spacial score (nSPS) is 17.0. The largest absolute Gasteiger partial charge is 0.383 e. The maximum atomic E-state index is 12.1. The number of anilines is 1. The minimum absolute atomic E-state index is 0.0191. The highest BCUT2D eigenvalue weighted by Crippen LogP contribution is 2.37. The van der Waals surface area contributed by atoms with Crippen molar-refractivity contribution >= 4 is 39.7 Å². The van der Waals surface area contributed by atoms with Gasteiger partial charge in [0.05, 0.1) is 16.3 Å². The van der Waals surface area contributed by atoms with Crippen LogP contribution in [0.1, 0.15) is 31.4 Å². The Kier molecular flexibility index (Phi) is 5.50. The van der Waals surface area contributed by atoms with Crippen molar-refractivity contribution in [1.82, 2.24) is 24.6 Å². The molecule has 1 aliphatic heterocycles. The summed E-state index contributed by atoms with van der Waals surface area (Å²) in [6.07, 6.45) is 8.58. The summed E-state index contributed by atoms with van der Waals surface area (Å²) >= 11 is 1.59. The SMILES string of the molecule is C=CC(=O)N1CCCC(n2nc(-c3cc(C(=C)/C=C\C)cs3)c3c(N)ncnc32)C1. The lowest BCUT2D eigenvalue weighted by Gasteiger charge is -2.32. The van der Waals surface area contributed by atoms with Gasteiger partial charge in [-0.25, -0.2) is 14.6 Å². The van der Waals surface area contributed by atoms with E-state index in [4.69, 9.17) is 10.8 Å². The number of hydrogen-bond acceptors (Lipinski definition) is 6. The average Bonchev–Trinajstić information content (AvgIpc) is 3.39. The number of amides is 1.